The van der Waals surface area contributed by atoms with Gasteiger partial charge in [0.05, 0.1) is 6.10 Å². The van der Waals surface area contributed by atoms with Gasteiger partial charge in [0, 0.05) is 13.3 Å². The summed E-state index contributed by atoms with van der Waals surface area (Å²) in [7, 11) is 0. The van der Waals surface area contributed by atoms with E-state index in [9.17, 15) is 14.3 Å². The number of halogens is 1. The lowest BCUT2D eigenvalue weighted by atomic mass is 9.96. The minimum atomic E-state index is -0.792. The monoisotopic (exact) mass is 254 g/mol. The fourth-order valence-corrected chi connectivity index (χ4v) is 1.83. The summed E-state index contributed by atoms with van der Waals surface area (Å²) in [6, 6.07) is 5.92. The average Bonchev–Trinajstić information content (AvgIpc) is 2.28. The zero-order chi connectivity index (χ0) is 13.7. The van der Waals surface area contributed by atoms with Gasteiger partial charge in [-0.1, -0.05) is 26.0 Å². The highest BCUT2D eigenvalue weighted by atomic mass is 19.1. The molecule has 0 heterocycles. The maximum atomic E-state index is 12.8. The molecule has 2 atom stereocenters. The summed E-state index contributed by atoms with van der Waals surface area (Å²) in [5.41, 5.74) is 0.807. The van der Waals surface area contributed by atoms with Crippen molar-refractivity contribution in [2.24, 2.45) is 5.92 Å². The van der Waals surface area contributed by atoms with Crippen molar-refractivity contribution in [1.82, 2.24) is 0 Å². The first kappa shape index (κ1) is 14.6. The van der Waals surface area contributed by atoms with Crippen LogP contribution in [-0.2, 0) is 16.0 Å². The van der Waals surface area contributed by atoms with Crippen LogP contribution in [0.3, 0.4) is 0 Å². The van der Waals surface area contributed by atoms with Gasteiger partial charge in [-0.05, 0) is 23.6 Å². The highest BCUT2D eigenvalue weighted by Crippen LogP contribution is 2.16. The zero-order valence-electron chi connectivity index (χ0n) is 10.9. The second kappa shape index (κ2) is 6.50. The third-order valence-corrected chi connectivity index (χ3v) is 2.70. The molecule has 1 aromatic rings. The van der Waals surface area contributed by atoms with E-state index in [1.54, 1.807) is 12.1 Å². The van der Waals surface area contributed by atoms with Crippen molar-refractivity contribution in [3.05, 3.63) is 35.6 Å². The summed E-state index contributed by atoms with van der Waals surface area (Å²) < 4.78 is 17.9. The van der Waals surface area contributed by atoms with Gasteiger partial charge in [0.1, 0.15) is 11.9 Å². The molecule has 0 fully saturated rings. The second-order valence-electron chi connectivity index (χ2n) is 4.72. The first-order valence-electron chi connectivity index (χ1n) is 6.00. The highest BCUT2D eigenvalue weighted by Gasteiger charge is 2.25. The maximum Gasteiger partial charge on any atom is 0.303 e. The number of rotatable bonds is 5. The van der Waals surface area contributed by atoms with Gasteiger partial charge in [0.25, 0.3) is 0 Å². The Morgan fingerprint density at radius 1 is 1.33 bits per heavy atom. The molecular formula is C14H19FO3. The second-order valence-corrected chi connectivity index (χ2v) is 4.72. The lowest BCUT2D eigenvalue weighted by Crippen LogP contribution is -2.36. The topological polar surface area (TPSA) is 46.5 Å². The number of aliphatic hydroxyl groups is 1. The Kier molecular flexibility index (Phi) is 5.28. The van der Waals surface area contributed by atoms with E-state index < -0.39 is 18.2 Å². The van der Waals surface area contributed by atoms with Crippen molar-refractivity contribution < 1.29 is 19.0 Å². The van der Waals surface area contributed by atoms with Crippen LogP contribution in [0.5, 0.6) is 0 Å². The van der Waals surface area contributed by atoms with Crippen LogP contribution in [0.4, 0.5) is 4.39 Å². The van der Waals surface area contributed by atoms with E-state index in [-0.39, 0.29) is 11.7 Å². The number of benzene rings is 1. The lowest BCUT2D eigenvalue weighted by molar-refractivity contribution is -0.155. The van der Waals surface area contributed by atoms with Crippen molar-refractivity contribution in [3.8, 4) is 0 Å². The normalized spacial score (nSPS) is 14.3. The van der Waals surface area contributed by atoms with Crippen molar-refractivity contribution >= 4 is 5.97 Å². The highest BCUT2D eigenvalue weighted by molar-refractivity contribution is 5.66. The zero-order valence-corrected chi connectivity index (χ0v) is 10.9. The van der Waals surface area contributed by atoms with Gasteiger partial charge < -0.3 is 9.84 Å². The van der Waals surface area contributed by atoms with Crippen LogP contribution in [-0.4, -0.2) is 23.3 Å². The summed E-state index contributed by atoms with van der Waals surface area (Å²) in [5.74, 6) is -0.704. The van der Waals surface area contributed by atoms with Crippen molar-refractivity contribution in [2.75, 3.05) is 0 Å². The predicted molar refractivity (Wildman–Crippen MR) is 66.5 cm³/mol. The van der Waals surface area contributed by atoms with E-state index in [4.69, 9.17) is 4.74 Å². The smallest absolute Gasteiger partial charge is 0.303 e. The Balaban J connectivity index is 2.68. The Morgan fingerprint density at radius 2 is 1.89 bits per heavy atom. The molecule has 0 aromatic heterocycles. The number of carbonyl (C=O) groups excluding carboxylic acids is 1. The van der Waals surface area contributed by atoms with Crippen molar-refractivity contribution in [1.29, 1.82) is 0 Å². The molecule has 0 bridgehead atoms. The number of ether oxygens (including phenoxy) is 1. The number of aliphatic hydroxyl groups excluding tert-OH is 1. The van der Waals surface area contributed by atoms with Gasteiger partial charge >= 0.3 is 5.97 Å². The number of hydrogen-bond acceptors (Lipinski definition) is 3. The van der Waals surface area contributed by atoms with Crippen molar-refractivity contribution in [3.63, 3.8) is 0 Å². The first-order chi connectivity index (χ1) is 8.40. The van der Waals surface area contributed by atoms with Crippen LogP contribution in [0.1, 0.15) is 26.3 Å². The maximum absolute atomic E-state index is 12.8. The molecule has 0 aliphatic carbocycles. The van der Waals surface area contributed by atoms with Gasteiger partial charge in [-0.3, -0.25) is 4.79 Å². The summed E-state index contributed by atoms with van der Waals surface area (Å²) in [6.07, 6.45) is -1.01. The molecule has 100 valence electrons. The van der Waals surface area contributed by atoms with Gasteiger partial charge in [-0.25, -0.2) is 4.39 Å². The summed E-state index contributed by atoms with van der Waals surface area (Å²) in [5, 5.41) is 10.1. The van der Waals surface area contributed by atoms with E-state index in [1.807, 2.05) is 13.8 Å². The SMILES string of the molecule is CC(=O)O[C@@H](C(C)C)[C@H](O)Cc1ccc(F)cc1. The van der Waals surface area contributed by atoms with E-state index in [2.05, 4.69) is 0 Å². The minimum absolute atomic E-state index is 0.0179. The first-order valence-corrected chi connectivity index (χ1v) is 6.00. The van der Waals surface area contributed by atoms with Crippen LogP contribution in [0.25, 0.3) is 0 Å². The fourth-order valence-electron chi connectivity index (χ4n) is 1.83. The van der Waals surface area contributed by atoms with Crippen molar-refractivity contribution in [2.45, 2.75) is 39.4 Å². The molecule has 3 nitrogen and oxygen atoms in total. The van der Waals surface area contributed by atoms with Crippen LogP contribution >= 0.6 is 0 Å². The molecule has 0 aliphatic rings. The van der Waals surface area contributed by atoms with Crippen LogP contribution in [0, 0.1) is 11.7 Å². The van der Waals surface area contributed by atoms with Gasteiger partial charge in [-0.15, -0.1) is 0 Å². The summed E-state index contributed by atoms with van der Waals surface area (Å²) in [6.45, 7) is 5.07. The van der Waals surface area contributed by atoms with Gasteiger partial charge in [0.2, 0.25) is 0 Å². The number of carbonyl (C=O) groups is 1. The van der Waals surface area contributed by atoms with Gasteiger partial charge in [0.15, 0.2) is 0 Å². The van der Waals surface area contributed by atoms with Gasteiger partial charge in [-0.2, -0.15) is 0 Å². The van der Waals surface area contributed by atoms with E-state index in [0.29, 0.717) is 6.42 Å². The molecule has 0 saturated heterocycles. The standard InChI is InChI=1S/C14H19FO3/c1-9(2)14(18-10(3)16)13(17)8-11-4-6-12(15)7-5-11/h4-7,9,13-14,17H,8H2,1-3H3/t13-,14+/m1/s1. The molecular weight excluding hydrogens is 235 g/mol. The quantitative estimate of drug-likeness (QED) is 0.820. The molecule has 4 heteroatoms. The molecule has 0 unspecified atom stereocenters. The fraction of sp³-hybridized carbons (Fsp3) is 0.500. The van der Waals surface area contributed by atoms with Crippen LogP contribution in [0.15, 0.2) is 24.3 Å². The number of esters is 1. The number of hydrogen-bond donors (Lipinski definition) is 1. The largest absolute Gasteiger partial charge is 0.460 e. The van der Waals surface area contributed by atoms with E-state index >= 15 is 0 Å². The Hall–Kier alpha value is -1.42. The van der Waals surface area contributed by atoms with Crippen LogP contribution in [0.2, 0.25) is 0 Å². The predicted octanol–water partition coefficient (Wildman–Crippen LogP) is 2.32. The third-order valence-electron chi connectivity index (χ3n) is 2.70. The summed E-state index contributed by atoms with van der Waals surface area (Å²) in [4.78, 5) is 11.0. The molecule has 1 aromatic carbocycles. The summed E-state index contributed by atoms with van der Waals surface area (Å²) >= 11 is 0. The average molecular weight is 254 g/mol. The molecule has 0 aliphatic heterocycles. The molecule has 0 amide bonds. The molecule has 0 saturated carbocycles. The van der Waals surface area contributed by atoms with E-state index in [0.717, 1.165) is 5.56 Å². The molecule has 0 spiro atoms. The van der Waals surface area contributed by atoms with Crippen LogP contribution < -0.4 is 0 Å². The molecule has 0 radical (unpaired) electrons. The molecule has 18 heavy (non-hydrogen) atoms. The molecule has 1 rings (SSSR count). The Bertz CT molecular complexity index is 387. The minimum Gasteiger partial charge on any atom is -0.460 e. The van der Waals surface area contributed by atoms with E-state index in [1.165, 1.54) is 19.1 Å². The Morgan fingerprint density at radius 3 is 2.33 bits per heavy atom. The molecule has 1 N–H and O–H groups in total. The Labute approximate surface area is 107 Å². The third kappa shape index (κ3) is 4.45. The lowest BCUT2D eigenvalue weighted by Gasteiger charge is -2.26.